The number of carbonyl (C=O) groups is 1. The monoisotopic (exact) mass is 411 g/mol. The van der Waals surface area contributed by atoms with Crippen molar-refractivity contribution in [1.29, 1.82) is 0 Å². The Kier molecular flexibility index (Phi) is 5.20. The van der Waals surface area contributed by atoms with Crippen molar-refractivity contribution in [3.05, 3.63) is 77.4 Å². The van der Waals surface area contributed by atoms with Gasteiger partial charge in [-0.25, -0.2) is 4.98 Å². The molecule has 6 nitrogen and oxygen atoms in total. The van der Waals surface area contributed by atoms with E-state index in [1.54, 1.807) is 0 Å². The molecule has 0 saturated heterocycles. The topological polar surface area (TPSA) is 72.7 Å². The molecule has 156 valence electrons. The number of nitrogens with zero attached hydrogens (tertiary/aromatic N) is 4. The summed E-state index contributed by atoms with van der Waals surface area (Å²) in [6.07, 6.45) is 4.44. The Morgan fingerprint density at radius 1 is 1.03 bits per heavy atom. The number of pyridine rings is 1. The molecular weight excluding hydrogens is 386 g/mol. The number of hydrogen-bond donors (Lipinski definition) is 1. The predicted molar refractivity (Wildman–Crippen MR) is 121 cm³/mol. The van der Waals surface area contributed by atoms with Gasteiger partial charge in [0.15, 0.2) is 5.82 Å². The molecule has 2 aromatic heterocycles. The van der Waals surface area contributed by atoms with Gasteiger partial charge in [-0.1, -0.05) is 54.4 Å². The Bertz CT molecular complexity index is 1240. The predicted octanol–water partition coefficient (Wildman–Crippen LogP) is 4.46. The Labute approximate surface area is 181 Å². The lowest BCUT2D eigenvalue weighted by molar-refractivity contribution is 0.0951. The number of carbonyl (C=O) groups excluding carboxylic acids is 1. The molecule has 4 aromatic rings. The fraction of sp³-hybridized carbons (Fsp3) is 0.280. The summed E-state index contributed by atoms with van der Waals surface area (Å²) in [5.41, 5.74) is 4.40. The first kappa shape index (κ1) is 19.4. The maximum absolute atomic E-state index is 13.2. The van der Waals surface area contributed by atoms with Gasteiger partial charge in [-0.2, -0.15) is 0 Å². The highest BCUT2D eigenvalue weighted by molar-refractivity contribution is 6.07. The molecule has 1 aliphatic heterocycles. The van der Waals surface area contributed by atoms with Gasteiger partial charge >= 0.3 is 0 Å². The summed E-state index contributed by atoms with van der Waals surface area (Å²) < 4.78 is 2.16. The number of para-hydroxylation sites is 1. The van der Waals surface area contributed by atoms with Crippen LogP contribution in [0.2, 0.25) is 0 Å². The minimum absolute atomic E-state index is 0.127. The zero-order valence-corrected chi connectivity index (χ0v) is 17.6. The molecule has 1 N–H and O–H groups in total. The number of fused-ring (bicyclic) bond motifs is 2. The van der Waals surface area contributed by atoms with Crippen LogP contribution in [0.3, 0.4) is 0 Å². The molecule has 1 amide bonds. The van der Waals surface area contributed by atoms with Gasteiger partial charge in [0.2, 0.25) is 0 Å². The average Bonchev–Trinajstić information content (AvgIpc) is 3.03. The molecule has 2 aromatic carbocycles. The van der Waals surface area contributed by atoms with Crippen LogP contribution in [0.1, 0.15) is 46.8 Å². The van der Waals surface area contributed by atoms with E-state index in [1.165, 1.54) is 12.0 Å². The summed E-state index contributed by atoms with van der Waals surface area (Å²) in [4.78, 5) is 18.0. The van der Waals surface area contributed by atoms with Gasteiger partial charge in [0.25, 0.3) is 5.91 Å². The molecule has 0 unspecified atom stereocenters. The number of benzene rings is 2. The first-order valence-corrected chi connectivity index (χ1v) is 10.8. The summed E-state index contributed by atoms with van der Waals surface area (Å²) in [6, 6.07) is 17.9. The van der Waals surface area contributed by atoms with Gasteiger partial charge in [0.1, 0.15) is 5.82 Å². The summed E-state index contributed by atoms with van der Waals surface area (Å²) in [7, 11) is 0. The highest BCUT2D eigenvalue weighted by Gasteiger charge is 2.17. The van der Waals surface area contributed by atoms with Gasteiger partial charge in [-0.05, 0) is 31.9 Å². The first-order valence-electron chi connectivity index (χ1n) is 10.8. The maximum atomic E-state index is 13.2. The fourth-order valence-corrected chi connectivity index (χ4v) is 4.17. The van der Waals surface area contributed by atoms with Crippen molar-refractivity contribution < 1.29 is 4.79 Å². The number of amides is 1. The van der Waals surface area contributed by atoms with Gasteiger partial charge in [0, 0.05) is 23.9 Å². The molecule has 0 saturated carbocycles. The third-order valence-corrected chi connectivity index (χ3v) is 5.90. The molecule has 0 radical (unpaired) electrons. The molecule has 3 heterocycles. The lowest BCUT2D eigenvalue weighted by Gasteiger charge is -2.11. The minimum Gasteiger partial charge on any atom is -0.345 e. The van der Waals surface area contributed by atoms with Gasteiger partial charge < -0.3 is 9.88 Å². The second-order valence-corrected chi connectivity index (χ2v) is 8.12. The molecule has 0 aliphatic carbocycles. The molecule has 6 heteroatoms. The van der Waals surface area contributed by atoms with Crippen molar-refractivity contribution in [3.63, 3.8) is 0 Å². The molecular formula is C25H25N5O. The fourth-order valence-electron chi connectivity index (χ4n) is 4.17. The van der Waals surface area contributed by atoms with Crippen LogP contribution < -0.4 is 5.32 Å². The van der Waals surface area contributed by atoms with E-state index in [9.17, 15) is 4.79 Å². The van der Waals surface area contributed by atoms with Crippen LogP contribution >= 0.6 is 0 Å². The van der Waals surface area contributed by atoms with Crippen LogP contribution in [0.4, 0.5) is 0 Å². The second-order valence-electron chi connectivity index (χ2n) is 8.12. The number of rotatable bonds is 4. The standard InChI is InChI=1S/C25H25N5O/c1-17-10-12-18(13-11-17)22-15-20(19-7-4-5-8-21(19)27-22)25(31)26-16-24-29-28-23-9-3-2-6-14-30(23)24/h4-5,7-8,10-13,15H,2-3,6,9,14,16H2,1H3,(H,26,31). The Hall–Kier alpha value is -3.54. The second kappa shape index (κ2) is 8.30. The molecule has 31 heavy (non-hydrogen) atoms. The maximum Gasteiger partial charge on any atom is 0.252 e. The van der Waals surface area contributed by atoms with Gasteiger partial charge in [-0.3, -0.25) is 4.79 Å². The van der Waals surface area contributed by atoms with E-state index in [-0.39, 0.29) is 5.91 Å². The largest absolute Gasteiger partial charge is 0.345 e. The first-order chi connectivity index (χ1) is 15.2. The molecule has 0 fully saturated rings. The molecule has 1 aliphatic rings. The summed E-state index contributed by atoms with van der Waals surface area (Å²) >= 11 is 0. The number of aromatic nitrogens is 4. The van der Waals surface area contributed by atoms with Crippen molar-refractivity contribution in [2.24, 2.45) is 0 Å². The SMILES string of the molecule is Cc1ccc(-c2cc(C(=O)NCc3nnc4n3CCCCC4)c3ccccc3n2)cc1. The van der Waals surface area contributed by atoms with Crippen molar-refractivity contribution in [2.45, 2.75) is 45.7 Å². The van der Waals surface area contributed by atoms with Crippen LogP contribution in [-0.2, 0) is 19.5 Å². The summed E-state index contributed by atoms with van der Waals surface area (Å²) in [6.45, 7) is 3.34. The van der Waals surface area contributed by atoms with E-state index >= 15 is 0 Å². The van der Waals surface area contributed by atoms with Crippen LogP contribution in [0.25, 0.3) is 22.2 Å². The highest BCUT2D eigenvalue weighted by Crippen LogP contribution is 2.25. The van der Waals surface area contributed by atoms with Crippen molar-refractivity contribution in [3.8, 4) is 11.3 Å². The zero-order valence-electron chi connectivity index (χ0n) is 17.6. The third kappa shape index (κ3) is 3.93. The lowest BCUT2D eigenvalue weighted by Crippen LogP contribution is -2.25. The highest BCUT2D eigenvalue weighted by atomic mass is 16.1. The van der Waals surface area contributed by atoms with E-state index in [4.69, 9.17) is 4.98 Å². The molecule has 0 atom stereocenters. The van der Waals surface area contributed by atoms with E-state index in [2.05, 4.69) is 39.1 Å². The van der Waals surface area contributed by atoms with Crippen LogP contribution in [0.15, 0.2) is 54.6 Å². The van der Waals surface area contributed by atoms with Crippen LogP contribution in [0, 0.1) is 6.92 Å². The zero-order chi connectivity index (χ0) is 21.2. The minimum atomic E-state index is -0.127. The van der Waals surface area contributed by atoms with E-state index in [1.807, 2.05) is 42.5 Å². The van der Waals surface area contributed by atoms with Gasteiger partial charge in [0.05, 0.1) is 23.3 Å². The van der Waals surface area contributed by atoms with Crippen LogP contribution in [0.5, 0.6) is 0 Å². The average molecular weight is 412 g/mol. The quantitative estimate of drug-likeness (QED) is 0.538. The number of hydrogen-bond acceptors (Lipinski definition) is 4. The Morgan fingerprint density at radius 2 is 1.87 bits per heavy atom. The van der Waals surface area contributed by atoms with E-state index in [0.29, 0.717) is 12.1 Å². The molecule has 0 spiro atoms. The third-order valence-electron chi connectivity index (χ3n) is 5.90. The Morgan fingerprint density at radius 3 is 2.74 bits per heavy atom. The number of nitrogens with one attached hydrogen (secondary N) is 1. The van der Waals surface area contributed by atoms with Crippen molar-refractivity contribution in [2.75, 3.05) is 0 Å². The molecule has 0 bridgehead atoms. The smallest absolute Gasteiger partial charge is 0.252 e. The summed E-state index contributed by atoms with van der Waals surface area (Å²) in [5.74, 6) is 1.72. The van der Waals surface area contributed by atoms with Crippen molar-refractivity contribution >= 4 is 16.8 Å². The molecule has 5 rings (SSSR count). The normalized spacial score (nSPS) is 13.6. The lowest BCUT2D eigenvalue weighted by atomic mass is 10.0. The Balaban J connectivity index is 1.45. The van der Waals surface area contributed by atoms with Crippen LogP contribution in [-0.4, -0.2) is 25.7 Å². The van der Waals surface area contributed by atoms with E-state index in [0.717, 1.165) is 59.6 Å². The number of aryl methyl sites for hydroxylation is 2. The van der Waals surface area contributed by atoms with E-state index < -0.39 is 0 Å². The van der Waals surface area contributed by atoms with Gasteiger partial charge in [-0.15, -0.1) is 10.2 Å². The van der Waals surface area contributed by atoms with Crippen molar-refractivity contribution in [1.82, 2.24) is 25.1 Å². The summed E-state index contributed by atoms with van der Waals surface area (Å²) in [5, 5.41) is 12.6.